The molecule has 0 aliphatic rings. The van der Waals surface area contributed by atoms with Crippen LogP contribution >= 0.6 is 106 Å². The number of carbonyl (C=O) groups excluding carboxylic acids is 2. The number of carbonyl (C=O) groups is 2. The molecular formula is C17H34N4O5S10. The number of rotatable bonds is 25. The Bertz CT molecular complexity index is 598. The van der Waals surface area contributed by atoms with E-state index in [0.717, 1.165) is 33.4 Å². The molecule has 0 spiro atoms. The molecule has 9 nitrogen and oxygen atoms in total. The van der Waals surface area contributed by atoms with Gasteiger partial charge in [-0.3, -0.25) is 24.1 Å². The second-order valence-corrected chi connectivity index (χ2v) is 17.2. The smallest absolute Gasteiger partial charge is 0.280 e. The molecule has 19 heteroatoms. The Labute approximate surface area is 255 Å². The molecule has 1 atom stereocenters. The van der Waals surface area contributed by atoms with E-state index in [1.165, 1.54) is 64.4 Å². The summed E-state index contributed by atoms with van der Waals surface area (Å²) in [6.07, 6.45) is 0. The van der Waals surface area contributed by atoms with Gasteiger partial charge in [-0.05, 0) is 0 Å². The molecule has 0 saturated heterocycles. The van der Waals surface area contributed by atoms with Crippen molar-refractivity contribution in [1.82, 2.24) is 16.0 Å². The maximum atomic E-state index is 11.9. The molecule has 5 N–H and O–H groups in total. The third kappa shape index (κ3) is 30.3. The van der Waals surface area contributed by atoms with Crippen LogP contribution in [0.25, 0.3) is 0 Å². The lowest BCUT2D eigenvalue weighted by Crippen LogP contribution is -2.21. The maximum Gasteiger partial charge on any atom is 0.280 e. The Morgan fingerprint density at radius 3 is 2.14 bits per heavy atom. The molecule has 0 aromatic rings. The Kier molecular flexibility index (Phi) is 32.9. The Morgan fingerprint density at radius 1 is 0.722 bits per heavy atom. The van der Waals surface area contributed by atoms with Gasteiger partial charge in [-0.25, -0.2) is 0 Å². The molecule has 36 heavy (non-hydrogen) atoms. The molecule has 0 fully saturated rings. The topological polar surface area (TPSA) is 140 Å². The van der Waals surface area contributed by atoms with Crippen LogP contribution < -0.4 is 16.0 Å². The Balaban J connectivity index is 3.43. The van der Waals surface area contributed by atoms with Crippen LogP contribution in [0.4, 0.5) is 9.59 Å². The van der Waals surface area contributed by atoms with E-state index in [2.05, 4.69) is 20.9 Å². The van der Waals surface area contributed by atoms with E-state index in [1.807, 2.05) is 0 Å². The summed E-state index contributed by atoms with van der Waals surface area (Å²) in [5, 5.41) is 28.3. The van der Waals surface area contributed by atoms with Crippen LogP contribution in [0.15, 0.2) is 4.99 Å². The molecule has 0 aliphatic heterocycles. The quantitative estimate of drug-likeness (QED) is 0.0408. The van der Waals surface area contributed by atoms with E-state index in [0.29, 0.717) is 34.2 Å². The molecule has 2 amide bonds. The highest BCUT2D eigenvalue weighted by molar-refractivity contribution is 8.27. The Morgan fingerprint density at radius 2 is 1.39 bits per heavy atom. The zero-order valence-corrected chi connectivity index (χ0v) is 27.8. The van der Waals surface area contributed by atoms with Crippen molar-refractivity contribution in [2.45, 2.75) is 0 Å². The molecule has 1 unspecified atom stereocenters. The van der Waals surface area contributed by atoms with E-state index in [4.69, 9.17) is 10.2 Å². The monoisotopic (exact) mass is 694 g/mol. The molecule has 0 aliphatic carbocycles. The van der Waals surface area contributed by atoms with Gasteiger partial charge < -0.3 is 20.8 Å². The fourth-order valence-corrected chi connectivity index (χ4v) is 9.90. The fourth-order valence-electron chi connectivity index (χ4n) is 1.62. The van der Waals surface area contributed by atoms with Gasteiger partial charge in [-0.1, -0.05) is 23.5 Å². The number of nitrogens with one attached hydrogen (secondary N) is 3. The van der Waals surface area contributed by atoms with Crippen LogP contribution in [-0.4, -0.2) is 110 Å². The highest BCUT2D eigenvalue weighted by atomic mass is 32.2. The van der Waals surface area contributed by atoms with E-state index in [9.17, 15) is 13.8 Å². The van der Waals surface area contributed by atoms with Gasteiger partial charge in [0.15, 0.2) is 0 Å². The summed E-state index contributed by atoms with van der Waals surface area (Å²) in [7, 11) is -1.11. The van der Waals surface area contributed by atoms with Crippen molar-refractivity contribution in [2.24, 2.45) is 4.99 Å². The summed E-state index contributed by atoms with van der Waals surface area (Å²) >= 11 is 13.4. The molecular weight excluding hydrogens is 661 g/mol. The number of thioether (sulfide) groups is 9. The van der Waals surface area contributed by atoms with Gasteiger partial charge in [0.25, 0.3) is 10.5 Å². The minimum Gasteiger partial charge on any atom is -0.386 e. The van der Waals surface area contributed by atoms with E-state index in [-0.39, 0.29) is 22.4 Å². The zero-order valence-electron chi connectivity index (χ0n) is 19.6. The molecule has 0 radical (unpaired) electrons. The fraction of sp³-hybridized carbons (Fsp3) is 0.824. The van der Waals surface area contributed by atoms with Crippen LogP contribution in [0, 0.1) is 0 Å². The molecule has 0 bridgehead atoms. The minimum absolute atomic E-state index is 0.0316. The first-order chi connectivity index (χ1) is 17.6. The van der Waals surface area contributed by atoms with Crippen molar-refractivity contribution in [1.29, 1.82) is 0 Å². The van der Waals surface area contributed by atoms with Crippen LogP contribution in [-0.2, 0) is 10.8 Å². The summed E-state index contributed by atoms with van der Waals surface area (Å²) < 4.78 is 11.9. The highest BCUT2D eigenvalue weighted by Gasteiger charge is 2.03. The average molecular weight is 695 g/mol. The van der Waals surface area contributed by atoms with Crippen molar-refractivity contribution < 1.29 is 24.0 Å². The number of aliphatic hydroxyl groups is 2. The van der Waals surface area contributed by atoms with Gasteiger partial charge in [-0.2, -0.15) is 11.8 Å². The summed E-state index contributed by atoms with van der Waals surface area (Å²) in [6.45, 7) is 0. The first-order valence-corrected chi connectivity index (χ1v) is 21.7. The Hall–Kier alpha value is 1.79. The van der Waals surface area contributed by atoms with Gasteiger partial charge in [0.05, 0.1) is 45.9 Å². The number of hydrogen-bond donors (Lipinski definition) is 5. The van der Waals surface area contributed by atoms with Gasteiger partial charge in [0.1, 0.15) is 0 Å². The lowest BCUT2D eigenvalue weighted by Gasteiger charge is -2.06. The molecule has 0 aromatic heterocycles. The molecule has 0 aromatic carbocycles. The zero-order chi connectivity index (χ0) is 26.5. The third-order valence-corrected chi connectivity index (χ3v) is 12.8. The number of nitrogens with zero attached hydrogens (tertiary/aromatic N) is 1. The number of aliphatic imine (C=N–C) groups is 1. The van der Waals surface area contributed by atoms with Crippen LogP contribution in [0.3, 0.4) is 0 Å². The summed E-state index contributed by atoms with van der Waals surface area (Å²) in [6, 6.07) is 0. The second-order valence-electron chi connectivity index (χ2n) is 5.70. The molecule has 0 rings (SSSR count). The lowest BCUT2D eigenvalue weighted by atomic mass is 10.9. The van der Waals surface area contributed by atoms with E-state index in [1.54, 1.807) is 47.0 Å². The molecule has 0 saturated carbocycles. The SMILES string of the molecule is O=C(NCSCNCSCSCO)SCCSCCS(=O)C=NCSCNC(=O)SCSCSCO. The third-order valence-electron chi connectivity index (χ3n) is 3.08. The number of aliphatic hydroxyl groups excluding tert-OH is 2. The first kappa shape index (κ1) is 37.8. The van der Waals surface area contributed by atoms with Crippen molar-refractivity contribution in [2.75, 3.05) is 79.5 Å². The normalized spacial score (nSPS) is 12.2. The predicted molar refractivity (Wildman–Crippen MR) is 178 cm³/mol. The first-order valence-electron chi connectivity index (χ1n) is 10.2. The minimum atomic E-state index is -1.11. The van der Waals surface area contributed by atoms with Crippen molar-refractivity contribution in [3.8, 4) is 0 Å². The van der Waals surface area contributed by atoms with Gasteiger partial charge in [-0.15, -0.1) is 70.6 Å². The van der Waals surface area contributed by atoms with Crippen molar-refractivity contribution >= 4 is 133 Å². The van der Waals surface area contributed by atoms with Crippen LogP contribution in [0.5, 0.6) is 0 Å². The van der Waals surface area contributed by atoms with Gasteiger partial charge in [0, 0.05) is 50.0 Å². The van der Waals surface area contributed by atoms with Crippen LogP contribution in [0.2, 0.25) is 0 Å². The number of hydrogen-bond acceptors (Lipinski definition) is 16. The standard InChI is InChI=1S/C17H34N4O5S10/c22-11-31-13-30-6-18-5-28-8-20-16(24)34-2-1-27-3-4-36(26)10-19-7-29-9-21-17(25)35-15-33-14-32-12-23/h10,18,22-23H,1-9,11-15H2,(H,20,24)(H,21,25). The van der Waals surface area contributed by atoms with Gasteiger partial charge in [0.2, 0.25) is 0 Å². The summed E-state index contributed by atoms with van der Waals surface area (Å²) in [4.78, 5) is 27.5. The molecule has 212 valence electrons. The predicted octanol–water partition coefficient (Wildman–Crippen LogP) is 3.93. The van der Waals surface area contributed by atoms with Crippen molar-refractivity contribution in [3.63, 3.8) is 0 Å². The summed E-state index contributed by atoms with van der Waals surface area (Å²) in [5.74, 6) is 6.07. The van der Waals surface area contributed by atoms with Gasteiger partial charge >= 0.3 is 0 Å². The molecule has 0 heterocycles. The van der Waals surface area contributed by atoms with E-state index >= 15 is 0 Å². The second kappa shape index (κ2) is 31.3. The number of amides is 2. The average Bonchev–Trinajstić information content (AvgIpc) is 2.87. The van der Waals surface area contributed by atoms with Crippen LogP contribution in [0.1, 0.15) is 0 Å². The van der Waals surface area contributed by atoms with E-state index < -0.39 is 10.8 Å². The maximum absolute atomic E-state index is 11.9. The lowest BCUT2D eigenvalue weighted by molar-refractivity contribution is 0.261. The summed E-state index contributed by atoms with van der Waals surface area (Å²) in [5.41, 5.74) is 1.46. The largest absolute Gasteiger partial charge is 0.386 e. The van der Waals surface area contributed by atoms with Crippen molar-refractivity contribution in [3.05, 3.63) is 0 Å². The highest BCUT2D eigenvalue weighted by Crippen LogP contribution is 2.17.